The molecule has 2 aromatic heterocycles. The van der Waals surface area contributed by atoms with Crippen LogP contribution in [0.25, 0.3) is 0 Å². The number of rotatable bonds is 7. The molecule has 2 N–H and O–H groups in total. The maximum absolute atomic E-state index is 12.9. The molecule has 1 aromatic carbocycles. The van der Waals surface area contributed by atoms with Crippen LogP contribution in [0.5, 0.6) is 6.01 Å². The average molecular weight is 674 g/mol. The topological polar surface area (TPSA) is 139 Å². The average Bonchev–Trinajstić information content (AvgIpc) is 3.79. The summed E-state index contributed by atoms with van der Waals surface area (Å²) < 4.78 is 15.2. The Morgan fingerprint density at radius 2 is 2.00 bits per heavy atom. The first kappa shape index (κ1) is 32.6. The lowest BCUT2D eigenvalue weighted by molar-refractivity contribution is -0.0873. The number of nitrogens with two attached hydrogens (primary N) is 1. The molecule has 4 heterocycles. The molecule has 48 heavy (non-hydrogen) atoms. The van der Waals surface area contributed by atoms with Gasteiger partial charge in [-0.25, -0.2) is 0 Å². The van der Waals surface area contributed by atoms with E-state index in [9.17, 15) is 10.1 Å². The van der Waals surface area contributed by atoms with Crippen molar-refractivity contribution < 1.29 is 14.3 Å². The quantitative estimate of drug-likeness (QED) is 0.357. The van der Waals surface area contributed by atoms with E-state index in [-0.39, 0.29) is 29.5 Å². The van der Waals surface area contributed by atoms with Gasteiger partial charge in [-0.15, -0.1) is 0 Å². The summed E-state index contributed by atoms with van der Waals surface area (Å²) >= 11 is 6.85. The molecule has 12 nitrogen and oxygen atoms in total. The summed E-state index contributed by atoms with van der Waals surface area (Å²) in [6, 6.07) is 6.62. The third-order valence-corrected chi connectivity index (χ3v) is 10.9. The number of nitrogen functional groups attached to an aromatic ring is 1. The second-order valence-electron chi connectivity index (χ2n) is 14.6. The Balaban J connectivity index is 1.30. The molecule has 2 aliphatic carbocycles. The zero-order chi connectivity index (χ0) is 34.0. The molecule has 0 radical (unpaired) electrons. The van der Waals surface area contributed by atoms with Crippen molar-refractivity contribution in [2.75, 3.05) is 58.5 Å². The van der Waals surface area contributed by atoms with Gasteiger partial charge < -0.3 is 29.9 Å². The van der Waals surface area contributed by atoms with Crippen LogP contribution in [0.2, 0.25) is 5.02 Å². The number of nitrogens with zero attached hydrogens (tertiary/aromatic N) is 8. The molecule has 1 spiro atoms. The molecule has 13 heteroatoms. The predicted octanol–water partition coefficient (Wildman–Crippen LogP) is 4.48. The Morgan fingerprint density at radius 1 is 1.21 bits per heavy atom. The number of fused-ring (bicyclic) bond motifs is 4. The number of nitriles is 1. The summed E-state index contributed by atoms with van der Waals surface area (Å²) in [6.45, 7) is 5.69. The van der Waals surface area contributed by atoms with Crippen molar-refractivity contribution >= 4 is 29.0 Å². The minimum Gasteiger partial charge on any atom is -0.463 e. The Bertz CT molecular complexity index is 1810. The Morgan fingerprint density at radius 3 is 2.71 bits per heavy atom. The van der Waals surface area contributed by atoms with Gasteiger partial charge in [0.2, 0.25) is 0 Å². The van der Waals surface area contributed by atoms with Gasteiger partial charge in [0.25, 0.3) is 5.91 Å². The van der Waals surface area contributed by atoms with E-state index in [2.05, 4.69) is 48.1 Å². The van der Waals surface area contributed by atoms with Crippen molar-refractivity contribution in [3.05, 3.63) is 56.5 Å². The van der Waals surface area contributed by atoms with Crippen LogP contribution in [0, 0.1) is 16.7 Å². The molecule has 7 rings (SSSR count). The highest BCUT2D eigenvalue weighted by Gasteiger charge is 2.47. The number of amides is 1. The summed E-state index contributed by atoms with van der Waals surface area (Å²) in [7, 11) is 7.57. The minimum atomic E-state index is -0.733. The second-order valence-corrected chi connectivity index (χ2v) is 15.0. The van der Waals surface area contributed by atoms with Crippen LogP contribution in [0.15, 0.2) is 12.1 Å². The molecule has 254 valence electrons. The molecule has 2 atom stereocenters. The summed E-state index contributed by atoms with van der Waals surface area (Å²) in [4.78, 5) is 28.9. The zero-order valence-electron chi connectivity index (χ0n) is 28.5. The van der Waals surface area contributed by atoms with Crippen molar-refractivity contribution in [1.82, 2.24) is 29.5 Å². The van der Waals surface area contributed by atoms with Gasteiger partial charge in [0.05, 0.1) is 41.7 Å². The largest absolute Gasteiger partial charge is 0.463 e. The van der Waals surface area contributed by atoms with Crippen molar-refractivity contribution in [1.29, 1.82) is 5.26 Å². The molecule has 2 aliphatic heterocycles. The van der Waals surface area contributed by atoms with Gasteiger partial charge in [-0.1, -0.05) is 24.6 Å². The van der Waals surface area contributed by atoms with E-state index in [0.29, 0.717) is 54.9 Å². The van der Waals surface area contributed by atoms with Gasteiger partial charge in [0.15, 0.2) is 5.69 Å². The maximum atomic E-state index is 12.9. The number of hydrogen-bond acceptors (Lipinski definition) is 10. The molecule has 0 unspecified atom stereocenters. The number of carbonyl (C=O) groups is 1. The van der Waals surface area contributed by atoms with Crippen LogP contribution in [0.3, 0.4) is 0 Å². The van der Waals surface area contributed by atoms with Crippen molar-refractivity contribution in [2.45, 2.75) is 76.7 Å². The van der Waals surface area contributed by atoms with Gasteiger partial charge >= 0.3 is 6.01 Å². The fourth-order valence-electron chi connectivity index (χ4n) is 7.78. The first-order valence-electron chi connectivity index (χ1n) is 16.8. The Hall–Kier alpha value is -3.92. The van der Waals surface area contributed by atoms with Crippen LogP contribution < -0.4 is 15.4 Å². The highest BCUT2D eigenvalue weighted by Crippen LogP contribution is 2.51. The van der Waals surface area contributed by atoms with Gasteiger partial charge in [-0.2, -0.15) is 20.3 Å². The molecule has 0 bridgehead atoms. The van der Waals surface area contributed by atoms with Gasteiger partial charge in [0.1, 0.15) is 17.5 Å². The molecule has 4 aliphatic rings. The first-order chi connectivity index (χ1) is 22.9. The monoisotopic (exact) mass is 673 g/mol. The predicted molar refractivity (Wildman–Crippen MR) is 182 cm³/mol. The summed E-state index contributed by atoms with van der Waals surface area (Å²) in [5.41, 5.74) is 11.5. The summed E-state index contributed by atoms with van der Waals surface area (Å²) in [6.07, 6.45) is 5.15. The molecule has 0 saturated heterocycles. The maximum Gasteiger partial charge on any atom is 0.318 e. The smallest absolute Gasteiger partial charge is 0.318 e. The SMILES string of the molecule is C[C@H]1CC[C@]2(Cc3nc(OCC4(CN(C)C)CC4)nc(N4CCCn5nc(C(=O)N(C)C)c(Cl)c5C4)c3CO2)c2c1ccc(N)c2C#N. The molecule has 1 amide bonds. The van der Waals surface area contributed by atoms with Crippen LogP contribution in [-0.2, 0) is 36.5 Å². The third-order valence-electron chi connectivity index (χ3n) is 10.5. The molecule has 3 aromatic rings. The summed E-state index contributed by atoms with van der Waals surface area (Å²) in [5, 5.41) is 15.2. The van der Waals surface area contributed by atoms with Crippen LogP contribution in [-0.4, -0.2) is 83.3 Å². The first-order valence-corrected chi connectivity index (χ1v) is 17.2. The number of anilines is 2. The number of benzene rings is 1. The number of carbonyl (C=O) groups excluding carboxylic acids is 1. The number of aryl methyl sites for hydroxylation is 1. The van der Waals surface area contributed by atoms with E-state index in [1.54, 1.807) is 14.1 Å². The van der Waals surface area contributed by atoms with E-state index in [1.165, 1.54) is 4.90 Å². The Labute approximate surface area is 286 Å². The minimum absolute atomic E-state index is 0.100. The lowest BCUT2D eigenvalue weighted by Gasteiger charge is -2.45. The normalized spacial score (nSPS) is 22.4. The lowest BCUT2D eigenvalue weighted by Crippen LogP contribution is -2.42. The van der Waals surface area contributed by atoms with Gasteiger partial charge in [0, 0.05) is 62.4 Å². The van der Waals surface area contributed by atoms with Crippen molar-refractivity contribution in [3.63, 3.8) is 0 Å². The molecular formula is C35H44ClN9O3. The molecule has 1 fully saturated rings. The van der Waals surface area contributed by atoms with E-state index in [1.807, 2.05) is 10.7 Å². The highest BCUT2D eigenvalue weighted by atomic mass is 35.5. The Kier molecular flexibility index (Phi) is 8.29. The molecule has 1 saturated carbocycles. The van der Waals surface area contributed by atoms with E-state index in [0.717, 1.165) is 72.5 Å². The van der Waals surface area contributed by atoms with E-state index in [4.69, 9.17) is 36.8 Å². The van der Waals surface area contributed by atoms with Crippen molar-refractivity contribution in [2.24, 2.45) is 5.41 Å². The van der Waals surface area contributed by atoms with E-state index >= 15 is 0 Å². The van der Waals surface area contributed by atoms with Gasteiger partial charge in [-0.05, 0) is 63.7 Å². The standard InChI is InChI=1S/C35H44ClN9O3/c1-21-9-10-35(28-22(21)7-8-25(38)23(28)16-37)15-26-24(18-48-35)31(40-33(39-26)47-20-34(11-12-34)19-42(2)3)44-13-6-14-45-27(17-44)29(36)30(41-45)32(46)43(4)5/h7-8,21H,6,9-15,17-20,38H2,1-5H3/t21-,35-/m0/s1. The van der Waals surface area contributed by atoms with Crippen LogP contribution in [0.1, 0.15) is 89.1 Å². The number of aromatic nitrogens is 4. The lowest BCUT2D eigenvalue weighted by atomic mass is 9.69. The van der Waals surface area contributed by atoms with E-state index < -0.39 is 5.60 Å². The number of hydrogen-bond donors (Lipinski definition) is 1. The van der Waals surface area contributed by atoms with Crippen LogP contribution in [0.4, 0.5) is 11.5 Å². The number of ether oxygens (including phenoxy) is 2. The summed E-state index contributed by atoms with van der Waals surface area (Å²) in [5.74, 6) is 0.795. The van der Waals surface area contributed by atoms with Crippen molar-refractivity contribution in [3.8, 4) is 12.1 Å². The zero-order valence-corrected chi connectivity index (χ0v) is 29.2. The highest BCUT2D eigenvalue weighted by molar-refractivity contribution is 6.34. The fraction of sp³-hybridized carbons (Fsp3) is 0.571. The third kappa shape index (κ3) is 5.65. The number of halogens is 1. The van der Waals surface area contributed by atoms with Gasteiger partial charge in [-0.3, -0.25) is 9.48 Å². The molecular weight excluding hydrogens is 630 g/mol. The van der Waals surface area contributed by atoms with Crippen LogP contribution >= 0.6 is 11.6 Å². The second kappa shape index (κ2) is 12.2. The fourth-order valence-corrected chi connectivity index (χ4v) is 8.06.